The van der Waals surface area contributed by atoms with E-state index in [2.05, 4.69) is 5.92 Å². The first-order valence-electron chi connectivity index (χ1n) is 3.58. The van der Waals surface area contributed by atoms with Crippen molar-refractivity contribution in [1.29, 1.82) is 0 Å². The van der Waals surface area contributed by atoms with Crippen molar-refractivity contribution < 1.29 is 13.2 Å². The third-order valence-corrected chi connectivity index (χ3v) is 1.68. The smallest absolute Gasteiger partial charge is 0.191 e. The summed E-state index contributed by atoms with van der Waals surface area (Å²) in [5.41, 5.74) is 0.311. The Balaban J connectivity index is 3.00. The first kappa shape index (κ1) is 10.7. The molecule has 0 nitrogen and oxygen atoms in total. The van der Waals surface area contributed by atoms with Gasteiger partial charge in [-0.3, -0.25) is 0 Å². The lowest BCUT2D eigenvalue weighted by atomic mass is 10.2. The molecule has 0 spiro atoms. The maximum absolute atomic E-state index is 12.3. The van der Waals surface area contributed by atoms with Crippen LogP contribution in [0.5, 0.6) is 0 Å². The highest BCUT2D eigenvalue weighted by Gasteiger charge is 1.99. The predicted octanol–water partition coefficient (Wildman–Crippen LogP) is 3.77. The van der Waals surface area contributed by atoms with Gasteiger partial charge in [0.15, 0.2) is 0 Å². The van der Waals surface area contributed by atoms with Gasteiger partial charge in [-0.05, 0) is 18.1 Å². The largest absolute Gasteiger partial charge is 0.314 e. The fraction of sp³-hybridized carbons (Fsp3) is 0. The van der Waals surface area contributed by atoms with Gasteiger partial charge in [-0.2, -0.15) is 13.2 Å². The lowest BCUT2D eigenvalue weighted by Gasteiger charge is -1.91. The SMILES string of the molecule is FC(F)=C(F)C#Cc1ccccc1Cl. The molecule has 0 N–H and O–H groups in total. The zero-order chi connectivity index (χ0) is 10.6. The zero-order valence-corrected chi connectivity index (χ0v) is 7.58. The molecule has 0 radical (unpaired) electrons. The molecular weight excluding hydrogens is 213 g/mol. The highest BCUT2D eigenvalue weighted by Crippen LogP contribution is 2.14. The summed E-state index contributed by atoms with van der Waals surface area (Å²) < 4.78 is 35.5. The fourth-order valence-corrected chi connectivity index (χ4v) is 0.915. The number of hydrogen-bond donors (Lipinski definition) is 0. The molecule has 0 unspecified atom stereocenters. The number of benzene rings is 1. The molecule has 0 atom stereocenters. The van der Waals surface area contributed by atoms with Crippen LogP contribution in [0.25, 0.3) is 0 Å². The van der Waals surface area contributed by atoms with E-state index >= 15 is 0 Å². The Hall–Kier alpha value is -1.40. The van der Waals surface area contributed by atoms with Crippen LogP contribution in [-0.2, 0) is 0 Å². The van der Waals surface area contributed by atoms with Crippen molar-refractivity contribution in [3.63, 3.8) is 0 Å². The van der Waals surface area contributed by atoms with Crippen LogP contribution in [0.1, 0.15) is 5.56 Å². The Kier molecular flexibility index (Phi) is 3.61. The second kappa shape index (κ2) is 4.73. The van der Waals surface area contributed by atoms with Crippen molar-refractivity contribution in [1.82, 2.24) is 0 Å². The van der Waals surface area contributed by atoms with Crippen molar-refractivity contribution in [2.45, 2.75) is 0 Å². The molecule has 0 bridgehead atoms. The summed E-state index contributed by atoms with van der Waals surface area (Å²) in [5.74, 6) is 2.14. The van der Waals surface area contributed by atoms with Gasteiger partial charge in [0, 0.05) is 5.56 Å². The Morgan fingerprint density at radius 1 is 1.14 bits per heavy atom. The van der Waals surface area contributed by atoms with E-state index in [0.717, 1.165) is 0 Å². The molecule has 0 saturated heterocycles. The van der Waals surface area contributed by atoms with Crippen molar-refractivity contribution in [3.05, 3.63) is 46.8 Å². The van der Waals surface area contributed by atoms with Gasteiger partial charge in [-0.1, -0.05) is 29.7 Å². The van der Waals surface area contributed by atoms with Crippen LogP contribution in [0.15, 0.2) is 36.2 Å². The highest BCUT2D eigenvalue weighted by atomic mass is 35.5. The van der Waals surface area contributed by atoms with Crippen molar-refractivity contribution in [3.8, 4) is 11.8 Å². The lowest BCUT2D eigenvalue weighted by molar-refractivity contribution is 0.389. The fourth-order valence-electron chi connectivity index (χ4n) is 0.732. The minimum absolute atomic E-state index is 0.298. The van der Waals surface area contributed by atoms with E-state index in [-0.39, 0.29) is 0 Å². The molecule has 1 aromatic carbocycles. The number of halogens is 4. The molecule has 4 heteroatoms. The van der Waals surface area contributed by atoms with Gasteiger partial charge in [0.05, 0.1) is 5.02 Å². The van der Waals surface area contributed by atoms with Crippen LogP contribution < -0.4 is 0 Å². The number of hydrogen-bond acceptors (Lipinski definition) is 0. The first-order valence-corrected chi connectivity index (χ1v) is 3.96. The van der Waals surface area contributed by atoms with Crippen LogP contribution in [0.3, 0.4) is 0 Å². The third kappa shape index (κ3) is 2.82. The van der Waals surface area contributed by atoms with Gasteiger partial charge >= 0.3 is 6.08 Å². The summed E-state index contributed by atoms with van der Waals surface area (Å²) in [4.78, 5) is 0. The zero-order valence-electron chi connectivity index (χ0n) is 6.82. The quantitative estimate of drug-likeness (QED) is 0.579. The third-order valence-electron chi connectivity index (χ3n) is 1.35. The lowest BCUT2D eigenvalue weighted by Crippen LogP contribution is -1.76. The minimum Gasteiger partial charge on any atom is -0.191 e. The molecule has 14 heavy (non-hydrogen) atoms. The second-order valence-electron chi connectivity index (χ2n) is 2.30. The van der Waals surface area contributed by atoms with E-state index in [1.54, 1.807) is 24.1 Å². The van der Waals surface area contributed by atoms with E-state index in [0.29, 0.717) is 10.6 Å². The minimum atomic E-state index is -2.43. The highest BCUT2D eigenvalue weighted by molar-refractivity contribution is 6.31. The van der Waals surface area contributed by atoms with Crippen molar-refractivity contribution in [2.75, 3.05) is 0 Å². The van der Waals surface area contributed by atoms with Gasteiger partial charge in [0.2, 0.25) is 5.83 Å². The van der Waals surface area contributed by atoms with Crippen LogP contribution >= 0.6 is 11.6 Å². The number of rotatable bonds is 0. The van der Waals surface area contributed by atoms with Crippen molar-refractivity contribution >= 4 is 11.6 Å². The van der Waals surface area contributed by atoms with Gasteiger partial charge in [0.1, 0.15) is 0 Å². The van der Waals surface area contributed by atoms with Crippen LogP contribution in [0.4, 0.5) is 13.2 Å². The first-order chi connectivity index (χ1) is 6.61. The molecule has 0 saturated carbocycles. The summed E-state index contributed by atoms with van der Waals surface area (Å²) in [6.07, 6.45) is -2.43. The van der Waals surface area contributed by atoms with Crippen LogP contribution in [0, 0.1) is 11.8 Å². The molecule has 0 aromatic heterocycles. The van der Waals surface area contributed by atoms with Crippen LogP contribution in [-0.4, -0.2) is 0 Å². The number of allylic oxidation sites excluding steroid dienone is 1. The normalized spacial score (nSPS) is 8.86. The van der Waals surface area contributed by atoms with E-state index in [1.165, 1.54) is 6.07 Å². The van der Waals surface area contributed by atoms with Crippen LogP contribution in [0.2, 0.25) is 5.02 Å². The Labute approximate surface area is 84.0 Å². The molecule has 1 aromatic rings. The molecule has 0 amide bonds. The van der Waals surface area contributed by atoms with E-state index in [1.807, 2.05) is 0 Å². The maximum atomic E-state index is 12.3. The maximum Gasteiger partial charge on any atom is 0.314 e. The monoisotopic (exact) mass is 216 g/mol. The van der Waals surface area contributed by atoms with E-state index in [9.17, 15) is 13.2 Å². The Morgan fingerprint density at radius 3 is 2.36 bits per heavy atom. The molecule has 0 aliphatic carbocycles. The molecule has 0 fully saturated rings. The predicted molar refractivity (Wildman–Crippen MR) is 48.7 cm³/mol. The molecule has 72 valence electrons. The summed E-state index contributed by atoms with van der Waals surface area (Å²) in [7, 11) is 0. The van der Waals surface area contributed by atoms with Gasteiger partial charge in [-0.15, -0.1) is 0 Å². The molecular formula is C10H4ClF3. The van der Waals surface area contributed by atoms with E-state index in [4.69, 9.17) is 11.6 Å². The van der Waals surface area contributed by atoms with E-state index < -0.39 is 11.9 Å². The molecule has 0 heterocycles. The molecule has 1 rings (SSSR count). The van der Waals surface area contributed by atoms with Gasteiger partial charge in [0.25, 0.3) is 0 Å². The average molecular weight is 217 g/mol. The van der Waals surface area contributed by atoms with Crippen molar-refractivity contribution in [2.24, 2.45) is 0 Å². The topological polar surface area (TPSA) is 0 Å². The summed E-state index contributed by atoms with van der Waals surface area (Å²) >= 11 is 5.66. The Morgan fingerprint density at radius 2 is 1.79 bits per heavy atom. The van der Waals surface area contributed by atoms with Gasteiger partial charge < -0.3 is 0 Å². The summed E-state index contributed by atoms with van der Waals surface area (Å²) in [6.45, 7) is 0. The summed E-state index contributed by atoms with van der Waals surface area (Å²) in [5, 5.41) is 0.298. The second-order valence-corrected chi connectivity index (χ2v) is 2.71. The molecule has 0 aliphatic heterocycles. The summed E-state index contributed by atoms with van der Waals surface area (Å²) in [6, 6.07) is 6.34. The van der Waals surface area contributed by atoms with Gasteiger partial charge in [-0.25, -0.2) is 0 Å². The Bertz CT molecular complexity index is 422. The standard InChI is InChI=1S/C10H4ClF3/c11-8-4-2-1-3-7(8)5-6-9(12)10(13)14/h1-4H. The average Bonchev–Trinajstić information content (AvgIpc) is 2.16. The molecule has 0 aliphatic rings.